The van der Waals surface area contributed by atoms with Gasteiger partial charge in [-0.2, -0.15) is 10.2 Å². The first-order chi connectivity index (χ1) is 17.2. The summed E-state index contributed by atoms with van der Waals surface area (Å²) in [5.74, 6) is 0.914. The van der Waals surface area contributed by atoms with Crippen molar-refractivity contribution in [2.24, 2.45) is 5.41 Å². The molecule has 0 bridgehead atoms. The molecule has 9 nitrogen and oxygen atoms in total. The average molecular weight is 471 g/mol. The van der Waals surface area contributed by atoms with Gasteiger partial charge in [-0.3, -0.25) is 4.68 Å². The van der Waals surface area contributed by atoms with Crippen molar-refractivity contribution in [1.29, 1.82) is 0 Å². The zero-order valence-corrected chi connectivity index (χ0v) is 19.7. The summed E-state index contributed by atoms with van der Waals surface area (Å²) >= 11 is 0. The second-order valence-corrected chi connectivity index (χ2v) is 10.3. The predicted molar refractivity (Wildman–Crippen MR) is 133 cm³/mol. The molecule has 7 rings (SSSR count). The lowest BCUT2D eigenvalue weighted by atomic mass is 9.65. The first-order valence-electron chi connectivity index (χ1n) is 12.7. The number of hydrogen-bond acceptors (Lipinski definition) is 7. The van der Waals surface area contributed by atoms with Gasteiger partial charge in [0.05, 0.1) is 29.8 Å². The van der Waals surface area contributed by atoms with Crippen LogP contribution in [0.3, 0.4) is 0 Å². The minimum Gasteiger partial charge on any atom is -0.381 e. The third-order valence-corrected chi connectivity index (χ3v) is 7.88. The van der Waals surface area contributed by atoms with E-state index in [2.05, 4.69) is 37.7 Å². The van der Waals surface area contributed by atoms with E-state index in [0.717, 1.165) is 73.3 Å². The number of rotatable bonds is 5. The average Bonchev–Trinajstić information content (AvgIpc) is 3.64. The number of pyridine rings is 1. The Labute approximate surface area is 203 Å². The highest BCUT2D eigenvalue weighted by atomic mass is 16.5. The molecule has 6 heterocycles. The zero-order valence-electron chi connectivity index (χ0n) is 19.7. The van der Waals surface area contributed by atoms with E-state index >= 15 is 0 Å². The summed E-state index contributed by atoms with van der Waals surface area (Å²) in [4.78, 5) is 9.49. The van der Waals surface area contributed by atoms with E-state index < -0.39 is 0 Å². The lowest BCUT2D eigenvalue weighted by molar-refractivity contribution is 0.0662. The van der Waals surface area contributed by atoms with E-state index in [-0.39, 0.29) is 0 Å². The molecule has 2 aliphatic heterocycles. The zero-order chi connectivity index (χ0) is 23.2. The molecule has 0 unspecified atom stereocenters. The Morgan fingerprint density at radius 1 is 1.06 bits per heavy atom. The molecule has 2 saturated heterocycles. The van der Waals surface area contributed by atoms with Gasteiger partial charge in [-0.05, 0) is 68.3 Å². The van der Waals surface area contributed by atoms with Crippen molar-refractivity contribution in [3.8, 4) is 22.6 Å². The van der Waals surface area contributed by atoms with Gasteiger partial charge in [0, 0.05) is 37.6 Å². The van der Waals surface area contributed by atoms with Gasteiger partial charge in [-0.25, -0.2) is 14.5 Å². The van der Waals surface area contributed by atoms with E-state index in [0.29, 0.717) is 17.5 Å². The van der Waals surface area contributed by atoms with Crippen molar-refractivity contribution in [3.63, 3.8) is 0 Å². The van der Waals surface area contributed by atoms with Gasteiger partial charge >= 0.3 is 0 Å². The number of nitrogens with one attached hydrogen (secondary N) is 2. The third-order valence-electron chi connectivity index (χ3n) is 7.88. The molecule has 4 aromatic rings. The topological polar surface area (TPSA) is 94.2 Å². The molecule has 9 heteroatoms. The monoisotopic (exact) mass is 470 g/mol. The molecular weight excluding hydrogens is 440 g/mol. The van der Waals surface area contributed by atoms with Crippen LogP contribution in [0.4, 0.5) is 5.82 Å². The largest absolute Gasteiger partial charge is 0.381 e. The van der Waals surface area contributed by atoms with E-state index in [1.54, 1.807) is 0 Å². The van der Waals surface area contributed by atoms with E-state index in [9.17, 15) is 0 Å². The van der Waals surface area contributed by atoms with Crippen molar-refractivity contribution in [2.75, 3.05) is 31.6 Å². The summed E-state index contributed by atoms with van der Waals surface area (Å²) in [5, 5.41) is 16.7. The maximum Gasteiger partial charge on any atom is 0.154 e. The second kappa shape index (κ2) is 8.42. The minimum atomic E-state index is 0.389. The van der Waals surface area contributed by atoms with Crippen molar-refractivity contribution in [1.82, 2.24) is 34.7 Å². The van der Waals surface area contributed by atoms with Gasteiger partial charge in [0.1, 0.15) is 11.5 Å². The highest BCUT2D eigenvalue weighted by molar-refractivity contribution is 5.64. The smallest absolute Gasteiger partial charge is 0.154 e. The lowest BCUT2D eigenvalue weighted by Crippen LogP contribution is -2.46. The molecule has 180 valence electrons. The number of anilines is 1. The van der Waals surface area contributed by atoms with Crippen molar-refractivity contribution < 1.29 is 4.74 Å². The molecule has 0 atom stereocenters. The van der Waals surface area contributed by atoms with Crippen LogP contribution >= 0.6 is 0 Å². The Kier molecular flexibility index (Phi) is 5.06. The summed E-state index contributed by atoms with van der Waals surface area (Å²) in [6.07, 6.45) is 11.6. The van der Waals surface area contributed by atoms with E-state index in [1.807, 2.05) is 41.2 Å². The highest BCUT2D eigenvalue weighted by Crippen LogP contribution is 2.46. The Morgan fingerprint density at radius 2 is 1.97 bits per heavy atom. The van der Waals surface area contributed by atoms with Crippen molar-refractivity contribution in [3.05, 3.63) is 48.9 Å². The van der Waals surface area contributed by atoms with Gasteiger partial charge in [0.2, 0.25) is 0 Å². The predicted octanol–water partition coefficient (Wildman–Crippen LogP) is 3.56. The summed E-state index contributed by atoms with van der Waals surface area (Å²) < 4.78 is 9.43. The second-order valence-electron chi connectivity index (χ2n) is 10.3. The van der Waals surface area contributed by atoms with E-state index in [4.69, 9.17) is 14.8 Å². The van der Waals surface area contributed by atoms with Crippen molar-refractivity contribution >= 4 is 11.5 Å². The fraction of sp³-hybridized carbons (Fsp3) is 0.462. The molecule has 1 saturated carbocycles. The molecule has 1 aliphatic carbocycles. The quantitative estimate of drug-likeness (QED) is 0.461. The van der Waals surface area contributed by atoms with Crippen LogP contribution in [0, 0.1) is 5.41 Å². The molecule has 2 N–H and O–H groups in total. The highest BCUT2D eigenvalue weighted by Gasteiger charge is 2.45. The summed E-state index contributed by atoms with van der Waals surface area (Å²) in [7, 11) is 0. The summed E-state index contributed by atoms with van der Waals surface area (Å²) in [6.45, 7) is 3.90. The Hall–Kier alpha value is -3.30. The van der Waals surface area contributed by atoms with Gasteiger partial charge in [-0.1, -0.05) is 6.07 Å². The molecule has 0 aromatic carbocycles. The number of fused-ring (bicyclic) bond motifs is 1. The molecule has 3 fully saturated rings. The molecular formula is C26H30N8O. The first kappa shape index (κ1) is 21.0. The molecule has 1 spiro atoms. The van der Waals surface area contributed by atoms with Crippen LogP contribution in [0.2, 0.25) is 0 Å². The molecule has 0 radical (unpaired) electrons. The fourth-order valence-corrected chi connectivity index (χ4v) is 5.92. The van der Waals surface area contributed by atoms with Gasteiger partial charge in [-0.15, -0.1) is 0 Å². The lowest BCUT2D eigenvalue weighted by Gasteiger charge is -2.45. The van der Waals surface area contributed by atoms with Crippen LogP contribution in [0.1, 0.15) is 38.1 Å². The molecule has 0 amide bonds. The Morgan fingerprint density at radius 3 is 2.83 bits per heavy atom. The minimum absolute atomic E-state index is 0.389. The SMILES string of the molecule is c1cc(NC2CC3(CCNC3)C2)nc(-c2cnc3ccc(-c4cnn(C5CCOCC5)c4)nn23)c1. The van der Waals surface area contributed by atoms with Crippen LogP contribution in [-0.4, -0.2) is 61.7 Å². The third kappa shape index (κ3) is 3.88. The molecule has 3 aliphatic rings. The molecule has 35 heavy (non-hydrogen) atoms. The number of ether oxygens (including phenoxy) is 1. The van der Waals surface area contributed by atoms with Crippen LogP contribution < -0.4 is 10.6 Å². The number of hydrogen-bond donors (Lipinski definition) is 2. The maximum atomic E-state index is 5.49. The van der Waals surface area contributed by atoms with Crippen LogP contribution in [-0.2, 0) is 4.74 Å². The normalized spacial score (nSPS) is 24.7. The number of aromatic nitrogens is 6. The number of nitrogens with zero attached hydrogens (tertiary/aromatic N) is 6. The first-order valence-corrected chi connectivity index (χ1v) is 12.7. The van der Waals surface area contributed by atoms with Crippen LogP contribution in [0.15, 0.2) is 48.9 Å². The molecule has 4 aromatic heterocycles. The van der Waals surface area contributed by atoms with Gasteiger partial charge in [0.25, 0.3) is 0 Å². The van der Waals surface area contributed by atoms with E-state index in [1.165, 1.54) is 19.3 Å². The van der Waals surface area contributed by atoms with Crippen LogP contribution in [0.5, 0.6) is 0 Å². The fourth-order valence-electron chi connectivity index (χ4n) is 5.92. The van der Waals surface area contributed by atoms with Crippen molar-refractivity contribution in [2.45, 2.75) is 44.2 Å². The summed E-state index contributed by atoms with van der Waals surface area (Å²) in [6, 6.07) is 11.0. The standard InChI is InChI=1S/C26H30N8O/c1-2-22(31-24(3-1)30-19-12-26(13-19)8-9-27-17-26)23-15-28-25-5-4-21(32-34(23)25)18-14-29-33(16-18)20-6-10-35-11-7-20/h1-5,14-16,19-20,27H,6-13,17H2,(H,30,31). The van der Waals surface area contributed by atoms with Gasteiger partial charge < -0.3 is 15.4 Å². The van der Waals surface area contributed by atoms with Gasteiger partial charge in [0.15, 0.2) is 5.65 Å². The maximum absolute atomic E-state index is 5.49. The van der Waals surface area contributed by atoms with Crippen LogP contribution in [0.25, 0.3) is 28.3 Å². The Balaban J connectivity index is 1.13. The number of imidazole rings is 1. The Bertz CT molecular complexity index is 1340. The summed E-state index contributed by atoms with van der Waals surface area (Å²) in [5.41, 5.74) is 4.93.